The Kier molecular flexibility index (Phi) is 3.96. The van der Waals surface area contributed by atoms with Gasteiger partial charge in [0.25, 0.3) is 0 Å². The first-order chi connectivity index (χ1) is 8.56. The van der Waals surface area contributed by atoms with Gasteiger partial charge in [0.1, 0.15) is 0 Å². The van der Waals surface area contributed by atoms with Crippen LogP contribution in [0, 0.1) is 18.8 Å². The van der Waals surface area contributed by atoms with E-state index in [0.29, 0.717) is 18.0 Å². The summed E-state index contributed by atoms with van der Waals surface area (Å²) in [5, 5.41) is 12.3. The van der Waals surface area contributed by atoms with E-state index in [2.05, 4.69) is 10.3 Å². The first-order valence-electron chi connectivity index (χ1n) is 6.02. The van der Waals surface area contributed by atoms with Gasteiger partial charge in [0.05, 0.1) is 5.92 Å². The lowest BCUT2D eigenvalue weighted by Gasteiger charge is -2.25. The molecule has 2 unspecified atom stereocenters. The van der Waals surface area contributed by atoms with Crippen molar-refractivity contribution < 1.29 is 14.7 Å². The summed E-state index contributed by atoms with van der Waals surface area (Å²) in [6.45, 7) is 1.92. The largest absolute Gasteiger partial charge is 0.481 e. The number of rotatable bonds is 3. The molecule has 18 heavy (non-hydrogen) atoms. The number of nitrogens with one attached hydrogen (secondary N) is 1. The third kappa shape index (κ3) is 3.07. The van der Waals surface area contributed by atoms with Crippen LogP contribution in [0.25, 0.3) is 0 Å². The molecule has 1 saturated carbocycles. The van der Waals surface area contributed by atoms with Crippen molar-refractivity contribution in [3.8, 4) is 0 Å². The van der Waals surface area contributed by atoms with Crippen LogP contribution in [-0.4, -0.2) is 22.0 Å². The molecule has 1 amide bonds. The number of carboxylic acid groups (broad SMARTS) is 1. The molecule has 1 heterocycles. The van der Waals surface area contributed by atoms with Gasteiger partial charge in [-0.05, 0) is 26.2 Å². The lowest BCUT2D eigenvalue weighted by Crippen LogP contribution is -2.30. The minimum atomic E-state index is -0.794. The zero-order valence-electron chi connectivity index (χ0n) is 10.2. The second kappa shape index (κ2) is 5.48. The summed E-state index contributed by atoms with van der Waals surface area (Å²) >= 11 is 1.43. The number of nitrogens with zero attached hydrogens (tertiary/aromatic N) is 1. The molecule has 2 rings (SSSR count). The van der Waals surface area contributed by atoms with Gasteiger partial charge in [0, 0.05) is 17.0 Å². The number of anilines is 1. The highest BCUT2D eigenvalue weighted by atomic mass is 32.1. The summed E-state index contributed by atoms with van der Waals surface area (Å²) in [4.78, 5) is 28.1. The third-order valence-corrected chi connectivity index (χ3v) is 4.07. The number of aryl methyl sites for hydroxylation is 1. The van der Waals surface area contributed by atoms with Crippen LogP contribution in [-0.2, 0) is 9.59 Å². The highest BCUT2D eigenvalue weighted by Gasteiger charge is 2.31. The third-order valence-electron chi connectivity index (χ3n) is 3.25. The highest BCUT2D eigenvalue weighted by molar-refractivity contribution is 7.15. The van der Waals surface area contributed by atoms with Crippen LogP contribution in [0.3, 0.4) is 0 Å². The summed E-state index contributed by atoms with van der Waals surface area (Å²) in [5.41, 5.74) is 0. The van der Waals surface area contributed by atoms with Gasteiger partial charge in [-0.15, -0.1) is 11.3 Å². The predicted molar refractivity (Wildman–Crippen MR) is 68.6 cm³/mol. The van der Waals surface area contributed by atoms with Gasteiger partial charge in [0.15, 0.2) is 5.13 Å². The molecule has 0 spiro atoms. The fourth-order valence-corrected chi connectivity index (χ4v) is 2.94. The number of carbonyl (C=O) groups excluding carboxylic acids is 1. The van der Waals surface area contributed by atoms with Crippen molar-refractivity contribution in [1.29, 1.82) is 0 Å². The molecule has 1 fully saturated rings. The Morgan fingerprint density at radius 3 is 2.78 bits per heavy atom. The van der Waals surface area contributed by atoms with Gasteiger partial charge >= 0.3 is 5.97 Å². The van der Waals surface area contributed by atoms with Crippen LogP contribution in [0.4, 0.5) is 5.13 Å². The molecule has 5 nitrogen and oxygen atoms in total. The average molecular weight is 268 g/mol. The lowest BCUT2D eigenvalue weighted by atomic mass is 9.81. The van der Waals surface area contributed by atoms with E-state index in [-0.39, 0.29) is 17.7 Å². The molecule has 0 aliphatic heterocycles. The molecule has 1 aromatic heterocycles. The molecule has 98 valence electrons. The zero-order chi connectivity index (χ0) is 13.1. The Bertz CT molecular complexity index is 458. The molecular weight excluding hydrogens is 252 g/mol. The molecule has 0 saturated heterocycles. The molecule has 2 atom stereocenters. The lowest BCUT2D eigenvalue weighted by molar-refractivity contribution is -0.143. The summed E-state index contributed by atoms with van der Waals surface area (Å²) < 4.78 is 0. The second-order valence-corrected chi connectivity index (χ2v) is 5.90. The van der Waals surface area contributed by atoms with Crippen molar-refractivity contribution in [2.75, 3.05) is 5.32 Å². The van der Waals surface area contributed by atoms with Gasteiger partial charge in [-0.2, -0.15) is 0 Å². The van der Waals surface area contributed by atoms with Crippen molar-refractivity contribution in [2.24, 2.45) is 11.8 Å². The number of hydrogen-bond donors (Lipinski definition) is 2. The number of thiazole rings is 1. The topological polar surface area (TPSA) is 79.3 Å². The van der Waals surface area contributed by atoms with Crippen LogP contribution in [0.1, 0.15) is 30.6 Å². The minimum Gasteiger partial charge on any atom is -0.481 e. The maximum atomic E-state index is 12.0. The fraction of sp³-hybridized carbons (Fsp3) is 0.583. The summed E-state index contributed by atoms with van der Waals surface area (Å²) in [6.07, 6.45) is 4.38. The predicted octanol–water partition coefficient (Wildman–Crippen LogP) is 2.28. The van der Waals surface area contributed by atoms with Crippen molar-refractivity contribution in [2.45, 2.75) is 32.6 Å². The Morgan fingerprint density at radius 1 is 1.44 bits per heavy atom. The second-order valence-electron chi connectivity index (χ2n) is 4.66. The monoisotopic (exact) mass is 268 g/mol. The van der Waals surface area contributed by atoms with E-state index in [1.165, 1.54) is 11.3 Å². The van der Waals surface area contributed by atoms with E-state index in [0.717, 1.165) is 17.7 Å². The molecule has 0 aromatic carbocycles. The Balaban J connectivity index is 1.94. The molecule has 6 heteroatoms. The van der Waals surface area contributed by atoms with Crippen LogP contribution < -0.4 is 5.32 Å². The number of aromatic nitrogens is 1. The highest BCUT2D eigenvalue weighted by Crippen LogP contribution is 2.30. The molecular formula is C12H16N2O3S. The van der Waals surface area contributed by atoms with E-state index in [1.54, 1.807) is 6.20 Å². The molecule has 0 bridgehead atoms. The maximum absolute atomic E-state index is 12.0. The minimum absolute atomic E-state index is 0.102. The smallest absolute Gasteiger partial charge is 0.306 e. The fourth-order valence-electron chi connectivity index (χ4n) is 2.27. The van der Waals surface area contributed by atoms with E-state index in [9.17, 15) is 9.59 Å². The van der Waals surface area contributed by atoms with Crippen molar-refractivity contribution in [3.05, 3.63) is 11.1 Å². The zero-order valence-corrected chi connectivity index (χ0v) is 11.0. The summed E-state index contributed by atoms with van der Waals surface area (Å²) in [5.74, 6) is -1.48. The first kappa shape index (κ1) is 13.0. The number of amides is 1. The van der Waals surface area contributed by atoms with E-state index in [1.807, 2.05) is 6.92 Å². The van der Waals surface area contributed by atoms with Crippen molar-refractivity contribution in [1.82, 2.24) is 4.98 Å². The standard InChI is InChI=1S/C12H16N2O3S/c1-7-6-13-12(18-7)14-10(15)8-3-2-4-9(5-8)11(16)17/h6,8-9H,2-5H2,1H3,(H,16,17)(H,13,14,15). The molecule has 0 radical (unpaired) electrons. The maximum Gasteiger partial charge on any atom is 0.306 e. The van der Waals surface area contributed by atoms with Gasteiger partial charge < -0.3 is 10.4 Å². The van der Waals surface area contributed by atoms with Crippen molar-refractivity contribution in [3.63, 3.8) is 0 Å². The molecule has 1 aromatic rings. The van der Waals surface area contributed by atoms with Gasteiger partial charge in [0.2, 0.25) is 5.91 Å². The SMILES string of the molecule is Cc1cnc(NC(=O)C2CCCC(C(=O)O)C2)s1. The summed E-state index contributed by atoms with van der Waals surface area (Å²) in [7, 11) is 0. The molecule has 1 aliphatic carbocycles. The summed E-state index contributed by atoms with van der Waals surface area (Å²) in [6, 6.07) is 0. The van der Waals surface area contributed by atoms with Gasteiger partial charge in [-0.1, -0.05) is 6.42 Å². The number of carboxylic acids is 1. The Labute approximate surface area is 109 Å². The van der Waals surface area contributed by atoms with Crippen LogP contribution >= 0.6 is 11.3 Å². The number of hydrogen-bond acceptors (Lipinski definition) is 4. The average Bonchev–Trinajstić information content (AvgIpc) is 2.75. The number of aliphatic carboxylic acids is 1. The van der Waals surface area contributed by atoms with E-state index >= 15 is 0 Å². The molecule has 2 N–H and O–H groups in total. The van der Waals surface area contributed by atoms with Crippen LogP contribution in [0.15, 0.2) is 6.20 Å². The van der Waals surface area contributed by atoms with Gasteiger partial charge in [-0.25, -0.2) is 4.98 Å². The molecule has 1 aliphatic rings. The normalized spacial score (nSPS) is 23.6. The Hall–Kier alpha value is -1.43. The quantitative estimate of drug-likeness (QED) is 0.881. The van der Waals surface area contributed by atoms with Crippen LogP contribution in [0.2, 0.25) is 0 Å². The van der Waals surface area contributed by atoms with Crippen LogP contribution in [0.5, 0.6) is 0 Å². The van der Waals surface area contributed by atoms with E-state index < -0.39 is 5.97 Å². The van der Waals surface area contributed by atoms with Crippen molar-refractivity contribution >= 4 is 28.3 Å². The number of carbonyl (C=O) groups is 2. The Morgan fingerprint density at radius 2 is 2.17 bits per heavy atom. The first-order valence-corrected chi connectivity index (χ1v) is 6.84. The van der Waals surface area contributed by atoms with E-state index in [4.69, 9.17) is 5.11 Å². The van der Waals surface area contributed by atoms with Gasteiger partial charge in [-0.3, -0.25) is 9.59 Å².